The van der Waals surface area contributed by atoms with Gasteiger partial charge in [0.2, 0.25) is 0 Å². The summed E-state index contributed by atoms with van der Waals surface area (Å²) in [5, 5.41) is 1.92. The molecular weight excluding hydrogens is 376 g/mol. The Morgan fingerprint density at radius 1 is 0.955 bits per heavy atom. The van der Waals surface area contributed by atoms with Crippen LogP contribution in [0.25, 0.3) is 0 Å². The van der Waals surface area contributed by atoms with Gasteiger partial charge in [-0.05, 0) is 34.8 Å². The standard InChI is InChI=1S/C18H15BrOS2/c19-16-9-4-8-15(12-16)18(14-6-2-1-3-7-14)22(20)13-17-10-5-11-21-17/h1-12,18H,13H2. The molecule has 0 radical (unpaired) electrons. The van der Waals surface area contributed by atoms with E-state index in [1.54, 1.807) is 11.3 Å². The largest absolute Gasteiger partial charge is 0.615 e. The van der Waals surface area contributed by atoms with Gasteiger partial charge in [0, 0.05) is 15.6 Å². The number of benzene rings is 2. The van der Waals surface area contributed by atoms with Crippen LogP contribution in [0.1, 0.15) is 21.3 Å². The van der Waals surface area contributed by atoms with Gasteiger partial charge in [-0.15, -0.1) is 11.3 Å². The predicted octanol–water partition coefficient (Wildman–Crippen LogP) is 5.55. The lowest BCUT2D eigenvalue weighted by molar-refractivity contribution is 0.587. The zero-order valence-corrected chi connectivity index (χ0v) is 15.0. The summed E-state index contributed by atoms with van der Waals surface area (Å²) >= 11 is 4.17. The van der Waals surface area contributed by atoms with Crippen LogP contribution >= 0.6 is 27.3 Å². The Hall–Kier alpha value is -1.07. The third-order valence-corrected chi connectivity index (χ3v) is 6.60. The fourth-order valence-corrected chi connectivity index (χ4v) is 5.39. The molecule has 2 unspecified atom stereocenters. The molecule has 1 heterocycles. The van der Waals surface area contributed by atoms with Crippen LogP contribution in [0.2, 0.25) is 0 Å². The summed E-state index contributed by atoms with van der Waals surface area (Å²) < 4.78 is 14.0. The molecule has 0 spiro atoms. The smallest absolute Gasteiger partial charge is 0.166 e. The number of halogens is 1. The minimum atomic E-state index is -1.01. The van der Waals surface area contributed by atoms with Crippen molar-refractivity contribution in [3.05, 3.63) is 92.6 Å². The fraction of sp³-hybridized carbons (Fsp3) is 0.111. The van der Waals surface area contributed by atoms with Crippen molar-refractivity contribution in [1.82, 2.24) is 0 Å². The van der Waals surface area contributed by atoms with Gasteiger partial charge in [0.15, 0.2) is 5.25 Å². The highest BCUT2D eigenvalue weighted by Gasteiger charge is 2.27. The molecular formula is C18H15BrOS2. The highest BCUT2D eigenvalue weighted by molar-refractivity contribution is 9.10. The molecule has 0 saturated heterocycles. The van der Waals surface area contributed by atoms with Crippen LogP contribution in [0.5, 0.6) is 0 Å². The Morgan fingerprint density at radius 2 is 1.73 bits per heavy atom. The maximum Gasteiger partial charge on any atom is 0.166 e. The number of hydrogen-bond acceptors (Lipinski definition) is 2. The molecule has 0 aliphatic heterocycles. The summed E-state index contributed by atoms with van der Waals surface area (Å²) in [6.45, 7) is 0. The van der Waals surface area contributed by atoms with Gasteiger partial charge in [-0.2, -0.15) is 0 Å². The van der Waals surface area contributed by atoms with E-state index < -0.39 is 11.2 Å². The molecule has 0 fully saturated rings. The topological polar surface area (TPSA) is 23.1 Å². The first-order chi connectivity index (χ1) is 10.7. The normalized spacial score (nSPS) is 13.7. The molecule has 0 N–H and O–H groups in total. The fourth-order valence-electron chi connectivity index (χ4n) is 2.41. The molecule has 0 aliphatic carbocycles. The Balaban J connectivity index is 1.95. The molecule has 1 nitrogen and oxygen atoms in total. The van der Waals surface area contributed by atoms with Crippen molar-refractivity contribution in [2.45, 2.75) is 11.0 Å². The van der Waals surface area contributed by atoms with Crippen molar-refractivity contribution < 1.29 is 4.55 Å². The molecule has 3 aromatic rings. The van der Waals surface area contributed by atoms with Crippen LogP contribution in [0.4, 0.5) is 0 Å². The molecule has 4 heteroatoms. The Bertz CT molecular complexity index is 713. The summed E-state index contributed by atoms with van der Waals surface area (Å²) in [5.74, 6) is 0.587. The molecule has 22 heavy (non-hydrogen) atoms. The van der Waals surface area contributed by atoms with Gasteiger partial charge in [0.1, 0.15) is 5.75 Å². The number of thiophene rings is 1. The molecule has 112 valence electrons. The first kappa shape index (κ1) is 15.8. The molecule has 0 amide bonds. The molecule has 0 saturated carbocycles. The van der Waals surface area contributed by atoms with Crippen molar-refractivity contribution >= 4 is 38.4 Å². The van der Waals surface area contributed by atoms with E-state index in [4.69, 9.17) is 0 Å². The summed E-state index contributed by atoms with van der Waals surface area (Å²) in [5.41, 5.74) is 2.17. The lowest BCUT2D eigenvalue weighted by Gasteiger charge is -2.22. The van der Waals surface area contributed by atoms with Gasteiger partial charge in [0.25, 0.3) is 0 Å². The number of hydrogen-bond donors (Lipinski definition) is 0. The first-order valence-corrected chi connectivity index (χ1v) is 9.99. The third-order valence-electron chi connectivity index (χ3n) is 3.38. The quantitative estimate of drug-likeness (QED) is 0.523. The predicted molar refractivity (Wildman–Crippen MR) is 98.6 cm³/mol. The van der Waals surface area contributed by atoms with E-state index >= 15 is 0 Å². The van der Waals surface area contributed by atoms with Gasteiger partial charge in [0.05, 0.1) is 4.88 Å². The highest BCUT2D eigenvalue weighted by Crippen LogP contribution is 2.34. The van der Waals surface area contributed by atoms with Crippen molar-refractivity contribution in [3.63, 3.8) is 0 Å². The Morgan fingerprint density at radius 3 is 2.41 bits per heavy atom. The van der Waals surface area contributed by atoms with Crippen LogP contribution in [0, 0.1) is 0 Å². The maximum absolute atomic E-state index is 13.0. The van der Waals surface area contributed by atoms with E-state index in [-0.39, 0.29) is 5.25 Å². The molecule has 3 rings (SSSR count). The third kappa shape index (κ3) is 3.82. The maximum atomic E-state index is 13.0. The second-order valence-electron chi connectivity index (χ2n) is 4.95. The monoisotopic (exact) mass is 390 g/mol. The van der Waals surface area contributed by atoms with Crippen molar-refractivity contribution in [1.29, 1.82) is 0 Å². The van der Waals surface area contributed by atoms with E-state index in [0.717, 1.165) is 20.5 Å². The lowest BCUT2D eigenvalue weighted by Crippen LogP contribution is -2.16. The van der Waals surface area contributed by atoms with Gasteiger partial charge < -0.3 is 4.55 Å². The van der Waals surface area contributed by atoms with Crippen LogP contribution in [-0.4, -0.2) is 4.55 Å². The summed E-state index contributed by atoms with van der Waals surface area (Å²) in [4.78, 5) is 1.16. The summed E-state index contributed by atoms with van der Waals surface area (Å²) in [6.07, 6.45) is 0. The van der Waals surface area contributed by atoms with E-state index in [0.29, 0.717) is 5.75 Å². The summed E-state index contributed by atoms with van der Waals surface area (Å²) in [7, 11) is 0. The SMILES string of the molecule is [O-][S+](Cc1cccs1)C(c1ccccc1)c1cccc(Br)c1. The molecule has 0 aliphatic rings. The van der Waals surface area contributed by atoms with Crippen LogP contribution in [0.3, 0.4) is 0 Å². The van der Waals surface area contributed by atoms with Crippen LogP contribution in [-0.2, 0) is 16.9 Å². The van der Waals surface area contributed by atoms with Crippen molar-refractivity contribution in [2.75, 3.05) is 0 Å². The zero-order chi connectivity index (χ0) is 15.4. The average Bonchev–Trinajstić information content (AvgIpc) is 3.01. The lowest BCUT2D eigenvalue weighted by atomic mass is 10.0. The van der Waals surface area contributed by atoms with Gasteiger partial charge in [-0.25, -0.2) is 0 Å². The zero-order valence-electron chi connectivity index (χ0n) is 11.8. The minimum absolute atomic E-state index is 0.110. The molecule has 2 aromatic carbocycles. The van der Waals surface area contributed by atoms with Gasteiger partial charge in [-0.1, -0.05) is 64.5 Å². The highest BCUT2D eigenvalue weighted by atomic mass is 79.9. The second kappa shape index (κ2) is 7.47. The van der Waals surface area contributed by atoms with E-state index in [9.17, 15) is 4.55 Å². The minimum Gasteiger partial charge on any atom is -0.615 e. The van der Waals surface area contributed by atoms with E-state index in [1.165, 1.54) is 0 Å². The molecule has 0 bridgehead atoms. The second-order valence-corrected chi connectivity index (χ2v) is 8.42. The molecule has 1 aromatic heterocycles. The number of rotatable bonds is 5. The van der Waals surface area contributed by atoms with Crippen LogP contribution in [0.15, 0.2) is 76.6 Å². The van der Waals surface area contributed by atoms with Crippen LogP contribution < -0.4 is 0 Å². The van der Waals surface area contributed by atoms with E-state index in [1.807, 2.05) is 47.8 Å². The van der Waals surface area contributed by atoms with E-state index in [2.05, 4.69) is 40.2 Å². The average molecular weight is 391 g/mol. The van der Waals surface area contributed by atoms with Crippen molar-refractivity contribution in [2.24, 2.45) is 0 Å². The Labute approximate surface area is 146 Å². The summed E-state index contributed by atoms with van der Waals surface area (Å²) in [6, 6.07) is 22.3. The molecule has 2 atom stereocenters. The van der Waals surface area contributed by atoms with Gasteiger partial charge in [-0.3, -0.25) is 0 Å². The van der Waals surface area contributed by atoms with Gasteiger partial charge >= 0.3 is 0 Å². The van der Waals surface area contributed by atoms with Crippen molar-refractivity contribution in [3.8, 4) is 0 Å². The first-order valence-electron chi connectivity index (χ1n) is 6.94. The Kier molecular flexibility index (Phi) is 5.37.